The molecule has 1 fully saturated rings. The Bertz CT molecular complexity index is 426. The van der Waals surface area contributed by atoms with Gasteiger partial charge in [0.2, 0.25) is 0 Å². The number of likely N-dealkylation sites (N-methyl/N-ethyl adjacent to an activating group) is 1. The van der Waals surface area contributed by atoms with Crippen LogP contribution in [0.25, 0.3) is 0 Å². The van der Waals surface area contributed by atoms with E-state index in [2.05, 4.69) is 48.9 Å². The number of ether oxygens (including phenoxy) is 1. The van der Waals surface area contributed by atoms with E-state index in [1.165, 1.54) is 5.56 Å². The topological polar surface area (TPSA) is 41.7 Å². The highest BCUT2D eigenvalue weighted by Crippen LogP contribution is 2.22. The number of hydrogen-bond donors (Lipinski definition) is 1. The molecule has 1 aliphatic heterocycles. The molecule has 0 saturated carbocycles. The molecule has 0 aromatic heterocycles. The lowest BCUT2D eigenvalue weighted by Crippen LogP contribution is -2.54. The first kappa shape index (κ1) is 16.3. The van der Waals surface area contributed by atoms with Gasteiger partial charge in [-0.3, -0.25) is 9.80 Å². The molecule has 118 valence electrons. The number of piperazine rings is 1. The second kappa shape index (κ2) is 7.78. The zero-order valence-corrected chi connectivity index (χ0v) is 13.6. The molecule has 1 heterocycles. The summed E-state index contributed by atoms with van der Waals surface area (Å²) in [5.74, 6) is 1.00. The molecule has 2 unspecified atom stereocenters. The fraction of sp³-hybridized carbons (Fsp3) is 0.647. The molecule has 2 rings (SSSR count). The second-order valence-corrected chi connectivity index (χ2v) is 6.16. The lowest BCUT2D eigenvalue weighted by Gasteiger charge is -2.42. The summed E-state index contributed by atoms with van der Waals surface area (Å²) in [4.78, 5) is 4.99. The number of rotatable bonds is 6. The number of benzene rings is 1. The summed E-state index contributed by atoms with van der Waals surface area (Å²) in [7, 11) is 2.22. The first-order valence-corrected chi connectivity index (χ1v) is 7.97. The molecule has 0 radical (unpaired) electrons. The molecule has 0 spiro atoms. The Labute approximate surface area is 128 Å². The highest BCUT2D eigenvalue weighted by molar-refractivity contribution is 5.33. The Balaban J connectivity index is 1.99. The van der Waals surface area contributed by atoms with E-state index in [1.807, 2.05) is 6.07 Å². The minimum atomic E-state index is 0.596. The van der Waals surface area contributed by atoms with Crippen molar-refractivity contribution in [1.82, 2.24) is 9.80 Å². The van der Waals surface area contributed by atoms with E-state index in [4.69, 9.17) is 10.5 Å². The third-order valence-electron chi connectivity index (χ3n) is 4.41. The second-order valence-electron chi connectivity index (χ2n) is 6.16. The van der Waals surface area contributed by atoms with E-state index in [0.29, 0.717) is 25.2 Å². The van der Waals surface area contributed by atoms with Gasteiger partial charge < -0.3 is 10.5 Å². The van der Waals surface area contributed by atoms with Crippen molar-refractivity contribution in [3.05, 3.63) is 29.8 Å². The Morgan fingerprint density at radius 1 is 1.19 bits per heavy atom. The lowest BCUT2D eigenvalue weighted by atomic mass is 10.1. The lowest BCUT2D eigenvalue weighted by molar-refractivity contribution is 0.0551. The third-order valence-corrected chi connectivity index (χ3v) is 4.41. The van der Waals surface area contributed by atoms with Crippen LogP contribution in [0.2, 0.25) is 0 Å². The Morgan fingerprint density at radius 3 is 2.52 bits per heavy atom. The van der Waals surface area contributed by atoms with Gasteiger partial charge in [-0.1, -0.05) is 18.2 Å². The first-order chi connectivity index (χ1) is 10.1. The maximum absolute atomic E-state index is 5.88. The van der Waals surface area contributed by atoms with Crippen molar-refractivity contribution < 1.29 is 4.74 Å². The van der Waals surface area contributed by atoms with Crippen LogP contribution < -0.4 is 10.5 Å². The van der Waals surface area contributed by atoms with E-state index < -0.39 is 0 Å². The Hall–Kier alpha value is -1.10. The van der Waals surface area contributed by atoms with Crippen LogP contribution in [0.15, 0.2) is 24.3 Å². The molecule has 21 heavy (non-hydrogen) atoms. The molecule has 1 saturated heterocycles. The third kappa shape index (κ3) is 4.43. The monoisotopic (exact) mass is 291 g/mol. The van der Waals surface area contributed by atoms with Crippen LogP contribution in [0, 0.1) is 0 Å². The molecule has 2 N–H and O–H groups in total. The van der Waals surface area contributed by atoms with Gasteiger partial charge in [0.25, 0.3) is 0 Å². The van der Waals surface area contributed by atoms with E-state index >= 15 is 0 Å². The van der Waals surface area contributed by atoms with Crippen LogP contribution in [0.1, 0.15) is 25.8 Å². The van der Waals surface area contributed by atoms with Crippen LogP contribution in [0.4, 0.5) is 0 Å². The quantitative estimate of drug-likeness (QED) is 0.813. The van der Waals surface area contributed by atoms with Gasteiger partial charge in [-0.2, -0.15) is 0 Å². The van der Waals surface area contributed by atoms with Crippen LogP contribution in [0.3, 0.4) is 0 Å². The molecule has 4 nitrogen and oxygen atoms in total. The minimum absolute atomic E-state index is 0.596. The van der Waals surface area contributed by atoms with Crippen molar-refractivity contribution in [2.24, 2.45) is 5.73 Å². The van der Waals surface area contributed by atoms with Gasteiger partial charge >= 0.3 is 0 Å². The Morgan fingerprint density at radius 2 is 1.86 bits per heavy atom. The predicted octanol–water partition coefficient (Wildman–Crippen LogP) is 1.94. The number of nitrogens with two attached hydrogens (primary N) is 1. The summed E-state index contributed by atoms with van der Waals surface area (Å²) in [6.07, 6.45) is 0.900. The van der Waals surface area contributed by atoms with Crippen LogP contribution >= 0.6 is 0 Å². The van der Waals surface area contributed by atoms with Crippen molar-refractivity contribution in [3.63, 3.8) is 0 Å². The first-order valence-electron chi connectivity index (χ1n) is 7.97. The van der Waals surface area contributed by atoms with Gasteiger partial charge in [0, 0.05) is 37.3 Å². The van der Waals surface area contributed by atoms with Crippen molar-refractivity contribution in [2.75, 3.05) is 33.3 Å². The molecule has 2 atom stereocenters. The average Bonchev–Trinajstić information content (AvgIpc) is 2.47. The summed E-state index contributed by atoms with van der Waals surface area (Å²) < 4.78 is 5.88. The van der Waals surface area contributed by atoms with Gasteiger partial charge in [0.05, 0.1) is 6.61 Å². The highest BCUT2D eigenvalue weighted by Gasteiger charge is 2.26. The smallest absolute Gasteiger partial charge is 0.123 e. The molecular weight excluding hydrogens is 262 g/mol. The van der Waals surface area contributed by atoms with Crippen LogP contribution in [-0.2, 0) is 6.54 Å². The fourth-order valence-corrected chi connectivity index (χ4v) is 2.92. The van der Waals surface area contributed by atoms with Crippen molar-refractivity contribution in [1.29, 1.82) is 0 Å². The van der Waals surface area contributed by atoms with Gasteiger partial charge in [-0.05, 0) is 39.9 Å². The summed E-state index contributed by atoms with van der Waals surface area (Å²) >= 11 is 0. The van der Waals surface area contributed by atoms with Gasteiger partial charge in [0.15, 0.2) is 0 Å². The molecule has 0 bridgehead atoms. The summed E-state index contributed by atoms with van der Waals surface area (Å²) in [5.41, 5.74) is 6.81. The average molecular weight is 291 g/mol. The molecule has 1 aliphatic rings. The van der Waals surface area contributed by atoms with E-state index in [-0.39, 0.29) is 0 Å². The number of hydrogen-bond acceptors (Lipinski definition) is 4. The SMILES string of the molecule is CC1CN(Cc2ccccc2OCCCN)CC(C)N1C. The van der Waals surface area contributed by atoms with Crippen molar-refractivity contribution in [3.8, 4) is 5.75 Å². The molecular formula is C17H29N3O. The van der Waals surface area contributed by atoms with Crippen LogP contribution in [0.5, 0.6) is 5.75 Å². The zero-order chi connectivity index (χ0) is 15.2. The van der Waals surface area contributed by atoms with E-state index in [9.17, 15) is 0 Å². The number of nitrogens with zero attached hydrogens (tertiary/aromatic N) is 2. The van der Waals surface area contributed by atoms with Crippen LogP contribution in [-0.4, -0.2) is 55.2 Å². The molecule has 1 aromatic carbocycles. The Kier molecular flexibility index (Phi) is 6.03. The van der Waals surface area contributed by atoms with E-state index in [0.717, 1.165) is 31.8 Å². The van der Waals surface area contributed by atoms with E-state index in [1.54, 1.807) is 0 Å². The van der Waals surface area contributed by atoms with Gasteiger partial charge in [-0.15, -0.1) is 0 Å². The van der Waals surface area contributed by atoms with Gasteiger partial charge in [0.1, 0.15) is 5.75 Å². The summed E-state index contributed by atoms with van der Waals surface area (Å²) in [6, 6.07) is 9.56. The molecule has 4 heteroatoms. The summed E-state index contributed by atoms with van der Waals surface area (Å²) in [5, 5.41) is 0. The van der Waals surface area contributed by atoms with Crippen molar-refractivity contribution >= 4 is 0 Å². The highest BCUT2D eigenvalue weighted by atomic mass is 16.5. The van der Waals surface area contributed by atoms with Gasteiger partial charge in [-0.25, -0.2) is 0 Å². The largest absolute Gasteiger partial charge is 0.493 e. The maximum atomic E-state index is 5.88. The predicted molar refractivity (Wildman–Crippen MR) is 87.6 cm³/mol. The molecule has 0 amide bonds. The maximum Gasteiger partial charge on any atom is 0.123 e. The summed E-state index contributed by atoms with van der Waals surface area (Å²) in [6.45, 7) is 9.15. The van der Waals surface area contributed by atoms with Crippen molar-refractivity contribution in [2.45, 2.75) is 38.9 Å². The minimum Gasteiger partial charge on any atom is -0.493 e. The normalized spacial score (nSPS) is 24.2. The fourth-order valence-electron chi connectivity index (χ4n) is 2.92. The zero-order valence-electron chi connectivity index (χ0n) is 13.6. The number of para-hydroxylation sites is 1. The standard InChI is InChI=1S/C17H29N3O/c1-14-11-20(12-15(2)19(14)3)13-16-7-4-5-8-17(16)21-10-6-9-18/h4-5,7-8,14-15H,6,9-13,18H2,1-3H3. The molecule has 0 aliphatic carbocycles. The molecule has 1 aromatic rings.